The van der Waals surface area contributed by atoms with Crippen molar-refractivity contribution in [3.63, 3.8) is 0 Å². The predicted octanol–water partition coefficient (Wildman–Crippen LogP) is 5.19. The van der Waals surface area contributed by atoms with E-state index in [1.54, 1.807) is 30.6 Å². The highest BCUT2D eigenvalue weighted by Crippen LogP contribution is 2.24. The third-order valence-corrected chi connectivity index (χ3v) is 5.19. The van der Waals surface area contributed by atoms with Crippen molar-refractivity contribution in [3.8, 4) is 17.1 Å². The Kier molecular flexibility index (Phi) is 6.65. The van der Waals surface area contributed by atoms with Crippen molar-refractivity contribution in [3.05, 3.63) is 82.8 Å². The molecule has 0 aliphatic carbocycles. The number of benzene rings is 1. The average molecular weight is 497 g/mol. The quantitative estimate of drug-likeness (QED) is 0.357. The van der Waals surface area contributed by atoms with Gasteiger partial charge in [0.2, 0.25) is 11.7 Å². The highest BCUT2D eigenvalue weighted by Gasteiger charge is 2.26. The lowest BCUT2D eigenvalue weighted by Gasteiger charge is -2.17. The highest BCUT2D eigenvalue weighted by molar-refractivity contribution is 9.10. The number of pyridine rings is 1. The molecular weight excluding hydrogens is 476 g/mol. The number of hydrogen-bond donors (Lipinski definition) is 1. The SMILES string of the molecule is CC(C)C(NC(=O)c1ccc(COc2ccc(Br)cc2)o1)c1nc(-c2cccnc2)no1. The van der Waals surface area contributed by atoms with E-state index in [9.17, 15) is 4.79 Å². The molecular formula is C23H21BrN4O4. The molecule has 0 saturated carbocycles. The van der Waals surface area contributed by atoms with E-state index >= 15 is 0 Å². The van der Waals surface area contributed by atoms with E-state index in [1.807, 2.05) is 44.2 Å². The van der Waals surface area contributed by atoms with Crippen molar-refractivity contribution < 1.29 is 18.5 Å². The molecule has 0 spiro atoms. The van der Waals surface area contributed by atoms with Gasteiger partial charge in [-0.3, -0.25) is 9.78 Å². The van der Waals surface area contributed by atoms with Crippen LogP contribution in [-0.2, 0) is 6.61 Å². The van der Waals surface area contributed by atoms with E-state index in [1.165, 1.54) is 0 Å². The van der Waals surface area contributed by atoms with Crippen molar-refractivity contribution >= 4 is 21.8 Å². The normalized spacial score (nSPS) is 12.0. The summed E-state index contributed by atoms with van der Waals surface area (Å²) in [5.74, 6) is 1.79. The standard InChI is InChI=1S/C23H21BrN4O4/c1-14(2)20(23-27-21(28-32-23)15-4-3-11-25-12-15)26-22(29)19-10-9-18(31-19)13-30-17-7-5-16(24)6-8-17/h3-12,14,20H,13H2,1-2H3,(H,26,29). The number of carbonyl (C=O) groups is 1. The summed E-state index contributed by atoms with van der Waals surface area (Å²) in [6, 6.07) is 13.9. The molecule has 3 heterocycles. The Bertz CT molecular complexity index is 1170. The van der Waals surface area contributed by atoms with Crippen molar-refractivity contribution in [2.45, 2.75) is 26.5 Å². The maximum atomic E-state index is 12.8. The summed E-state index contributed by atoms with van der Waals surface area (Å²) >= 11 is 3.38. The van der Waals surface area contributed by atoms with E-state index in [0.29, 0.717) is 23.2 Å². The Balaban J connectivity index is 1.41. The average Bonchev–Trinajstić information content (AvgIpc) is 3.47. The Labute approximate surface area is 193 Å². The minimum atomic E-state index is -0.479. The van der Waals surface area contributed by atoms with Crippen LogP contribution in [0.3, 0.4) is 0 Å². The van der Waals surface area contributed by atoms with E-state index in [-0.39, 0.29) is 24.2 Å². The molecule has 0 fully saturated rings. The molecule has 4 rings (SSSR count). The third-order valence-electron chi connectivity index (χ3n) is 4.66. The first-order valence-electron chi connectivity index (χ1n) is 10.0. The van der Waals surface area contributed by atoms with Crippen molar-refractivity contribution in [2.24, 2.45) is 5.92 Å². The molecule has 9 heteroatoms. The minimum absolute atomic E-state index is 0.0105. The number of furan rings is 1. The van der Waals surface area contributed by atoms with Crippen LogP contribution in [0.4, 0.5) is 0 Å². The van der Waals surface area contributed by atoms with Gasteiger partial charge in [0.15, 0.2) is 5.76 Å². The molecule has 4 aromatic rings. The molecule has 1 atom stereocenters. The fourth-order valence-electron chi connectivity index (χ4n) is 2.96. The van der Waals surface area contributed by atoms with Crippen molar-refractivity contribution in [1.29, 1.82) is 0 Å². The largest absolute Gasteiger partial charge is 0.486 e. The summed E-state index contributed by atoms with van der Waals surface area (Å²) in [6.07, 6.45) is 3.32. The first-order chi connectivity index (χ1) is 15.5. The second-order valence-electron chi connectivity index (χ2n) is 7.40. The first kappa shape index (κ1) is 21.8. The maximum Gasteiger partial charge on any atom is 0.287 e. The van der Waals surface area contributed by atoms with Crippen LogP contribution in [0.1, 0.15) is 42.1 Å². The van der Waals surface area contributed by atoms with Gasteiger partial charge in [0.05, 0.1) is 0 Å². The smallest absolute Gasteiger partial charge is 0.287 e. The van der Waals surface area contributed by atoms with Crippen LogP contribution in [0, 0.1) is 5.92 Å². The van der Waals surface area contributed by atoms with E-state index in [2.05, 4.69) is 36.4 Å². The van der Waals surface area contributed by atoms with Crippen LogP contribution in [-0.4, -0.2) is 21.0 Å². The van der Waals surface area contributed by atoms with Gasteiger partial charge in [-0.1, -0.05) is 34.9 Å². The zero-order chi connectivity index (χ0) is 22.5. The molecule has 0 radical (unpaired) electrons. The number of amides is 1. The van der Waals surface area contributed by atoms with Gasteiger partial charge in [0, 0.05) is 22.4 Å². The molecule has 0 aliphatic rings. The van der Waals surface area contributed by atoms with Crippen LogP contribution in [0.5, 0.6) is 5.75 Å². The molecule has 0 aliphatic heterocycles. The lowest BCUT2D eigenvalue weighted by molar-refractivity contribution is 0.0881. The van der Waals surface area contributed by atoms with Gasteiger partial charge in [0.1, 0.15) is 24.2 Å². The van der Waals surface area contributed by atoms with Gasteiger partial charge in [0.25, 0.3) is 5.91 Å². The summed E-state index contributed by atoms with van der Waals surface area (Å²) < 4.78 is 17.7. The topological polar surface area (TPSA) is 103 Å². The van der Waals surface area contributed by atoms with Crippen LogP contribution in [0.15, 0.2) is 74.3 Å². The van der Waals surface area contributed by atoms with Crippen molar-refractivity contribution in [2.75, 3.05) is 0 Å². The van der Waals surface area contributed by atoms with Gasteiger partial charge in [-0.05, 0) is 54.4 Å². The van der Waals surface area contributed by atoms with E-state index < -0.39 is 6.04 Å². The molecule has 0 bridgehead atoms. The summed E-state index contributed by atoms with van der Waals surface area (Å²) in [5.41, 5.74) is 0.734. The number of carbonyl (C=O) groups excluding carboxylic acids is 1. The Hall–Kier alpha value is -3.46. The molecule has 1 N–H and O–H groups in total. The Morgan fingerprint density at radius 1 is 1.16 bits per heavy atom. The summed E-state index contributed by atoms with van der Waals surface area (Å²) in [7, 11) is 0. The van der Waals surface area contributed by atoms with Crippen LogP contribution < -0.4 is 10.1 Å². The van der Waals surface area contributed by atoms with Gasteiger partial charge in [-0.2, -0.15) is 4.98 Å². The summed E-state index contributed by atoms with van der Waals surface area (Å²) in [5, 5.41) is 6.93. The van der Waals surface area contributed by atoms with Gasteiger partial charge in [-0.25, -0.2) is 0 Å². The number of aromatic nitrogens is 3. The highest BCUT2D eigenvalue weighted by atomic mass is 79.9. The number of rotatable bonds is 8. The summed E-state index contributed by atoms with van der Waals surface area (Å²) in [4.78, 5) is 21.3. The Morgan fingerprint density at radius 3 is 2.69 bits per heavy atom. The van der Waals surface area contributed by atoms with Crippen LogP contribution >= 0.6 is 15.9 Å². The summed E-state index contributed by atoms with van der Waals surface area (Å²) in [6.45, 7) is 4.12. The van der Waals surface area contributed by atoms with Crippen molar-refractivity contribution in [1.82, 2.24) is 20.4 Å². The molecule has 1 amide bonds. The number of hydrogen-bond acceptors (Lipinski definition) is 7. The first-order valence-corrected chi connectivity index (χ1v) is 10.8. The number of nitrogens with zero attached hydrogens (tertiary/aromatic N) is 3. The van der Waals surface area contributed by atoms with Crippen LogP contribution in [0.2, 0.25) is 0 Å². The zero-order valence-corrected chi connectivity index (χ0v) is 19.1. The monoisotopic (exact) mass is 496 g/mol. The predicted molar refractivity (Wildman–Crippen MR) is 120 cm³/mol. The third kappa shape index (κ3) is 5.23. The van der Waals surface area contributed by atoms with Crippen LogP contribution in [0.25, 0.3) is 11.4 Å². The fourth-order valence-corrected chi connectivity index (χ4v) is 3.23. The molecule has 1 aromatic carbocycles. The lowest BCUT2D eigenvalue weighted by Crippen LogP contribution is -2.31. The maximum absolute atomic E-state index is 12.8. The minimum Gasteiger partial charge on any atom is -0.486 e. The second-order valence-corrected chi connectivity index (χ2v) is 8.32. The van der Waals surface area contributed by atoms with Gasteiger partial charge < -0.3 is 19.0 Å². The fraction of sp³-hybridized carbons (Fsp3) is 0.217. The Morgan fingerprint density at radius 2 is 1.97 bits per heavy atom. The number of halogens is 1. The molecule has 8 nitrogen and oxygen atoms in total. The molecule has 164 valence electrons. The van der Waals surface area contributed by atoms with Gasteiger partial charge >= 0.3 is 0 Å². The molecule has 1 unspecified atom stereocenters. The number of ether oxygens (including phenoxy) is 1. The zero-order valence-electron chi connectivity index (χ0n) is 17.5. The molecule has 32 heavy (non-hydrogen) atoms. The number of nitrogens with one attached hydrogen (secondary N) is 1. The lowest BCUT2D eigenvalue weighted by atomic mass is 10.0. The van der Waals surface area contributed by atoms with Gasteiger partial charge in [-0.15, -0.1) is 0 Å². The van der Waals surface area contributed by atoms with E-state index in [0.717, 1.165) is 10.0 Å². The molecule has 3 aromatic heterocycles. The van der Waals surface area contributed by atoms with E-state index in [4.69, 9.17) is 13.7 Å². The second kappa shape index (κ2) is 9.78. The molecule has 0 saturated heterocycles.